The zero-order valence-electron chi connectivity index (χ0n) is 20.5. The topological polar surface area (TPSA) is 67.4 Å². The van der Waals surface area contributed by atoms with E-state index in [1.165, 1.54) is 31.1 Å². The maximum Gasteiger partial charge on any atom is 0.296 e. The number of carbonyl (C=O) groups is 1. The maximum absolute atomic E-state index is 15.2. The number of halogens is 3. The van der Waals surface area contributed by atoms with E-state index in [9.17, 15) is 13.6 Å². The number of nitrogens with one attached hydrogen (secondary N) is 1. The highest BCUT2D eigenvalue weighted by molar-refractivity contribution is 6.09. The molecule has 0 radical (unpaired) electrons. The maximum atomic E-state index is 15.2. The number of rotatable bonds is 6. The predicted octanol–water partition coefficient (Wildman–Crippen LogP) is 5.76. The van der Waals surface area contributed by atoms with Crippen LogP contribution in [0.4, 0.5) is 24.7 Å². The molecule has 1 amide bonds. The van der Waals surface area contributed by atoms with Crippen LogP contribution in [-0.4, -0.2) is 30.0 Å². The molecule has 1 aromatic heterocycles. The van der Waals surface area contributed by atoms with Crippen molar-refractivity contribution in [2.24, 2.45) is 0 Å². The van der Waals surface area contributed by atoms with Gasteiger partial charge in [-0.3, -0.25) is 4.79 Å². The van der Waals surface area contributed by atoms with Gasteiger partial charge in [0.1, 0.15) is 17.5 Å². The molecule has 4 rings (SSSR count). The van der Waals surface area contributed by atoms with E-state index in [0.29, 0.717) is 33.8 Å². The van der Waals surface area contributed by atoms with Crippen molar-refractivity contribution >= 4 is 28.3 Å². The molecule has 1 aliphatic rings. The molecule has 0 saturated heterocycles. The third-order valence-electron chi connectivity index (χ3n) is 6.64. The molecule has 0 saturated carbocycles. The Labute approximate surface area is 201 Å². The normalized spacial score (nSPS) is 18.7. The Morgan fingerprint density at radius 2 is 1.97 bits per heavy atom. The minimum atomic E-state index is -3.50. The van der Waals surface area contributed by atoms with Crippen molar-refractivity contribution in [3.05, 3.63) is 70.8 Å². The van der Waals surface area contributed by atoms with Gasteiger partial charge in [-0.05, 0) is 51.5 Å². The molecular weight excluding hydrogens is 457 g/mol. The molecule has 0 aliphatic carbocycles. The van der Waals surface area contributed by atoms with Crippen molar-refractivity contribution in [3.8, 4) is 0 Å². The van der Waals surface area contributed by atoms with Crippen molar-refractivity contribution in [3.63, 3.8) is 0 Å². The van der Waals surface area contributed by atoms with Gasteiger partial charge in [0, 0.05) is 30.7 Å². The molecule has 35 heavy (non-hydrogen) atoms. The first-order valence-electron chi connectivity index (χ1n) is 11.1. The average molecular weight is 485 g/mol. The summed E-state index contributed by atoms with van der Waals surface area (Å²) in [6.07, 6.45) is 0. The molecule has 3 aromatic rings. The summed E-state index contributed by atoms with van der Waals surface area (Å²) in [6.45, 7) is 9.54. The van der Waals surface area contributed by atoms with Crippen LogP contribution >= 0.6 is 0 Å². The van der Waals surface area contributed by atoms with Gasteiger partial charge in [0.25, 0.3) is 11.8 Å². The smallest absolute Gasteiger partial charge is 0.296 e. The molecule has 9 heteroatoms. The Morgan fingerprint density at radius 3 is 2.60 bits per heavy atom. The average Bonchev–Trinajstić information content (AvgIpc) is 2.98. The summed E-state index contributed by atoms with van der Waals surface area (Å²) in [4.78, 5) is 23.3. The highest BCUT2D eigenvalue weighted by atomic mass is 19.3. The van der Waals surface area contributed by atoms with Crippen molar-refractivity contribution in [1.82, 2.24) is 9.97 Å². The summed E-state index contributed by atoms with van der Waals surface area (Å²) in [5.41, 5.74) is -0.356. The van der Waals surface area contributed by atoms with E-state index in [4.69, 9.17) is 4.74 Å². The molecule has 184 valence electrons. The zero-order valence-corrected chi connectivity index (χ0v) is 20.5. The van der Waals surface area contributed by atoms with Crippen LogP contribution in [0, 0.1) is 12.7 Å². The van der Waals surface area contributed by atoms with Gasteiger partial charge in [0.15, 0.2) is 5.60 Å². The van der Waals surface area contributed by atoms with Gasteiger partial charge >= 0.3 is 0 Å². The molecule has 1 aliphatic heterocycles. The number of methoxy groups -OCH3 is 1. The van der Waals surface area contributed by atoms with Crippen LogP contribution in [0.5, 0.6) is 0 Å². The second-order valence-corrected chi connectivity index (χ2v) is 9.04. The van der Waals surface area contributed by atoms with Crippen molar-refractivity contribution in [2.75, 3.05) is 24.4 Å². The van der Waals surface area contributed by atoms with E-state index in [-0.39, 0.29) is 11.5 Å². The van der Waals surface area contributed by atoms with E-state index in [0.717, 1.165) is 6.07 Å². The molecule has 6 nitrogen and oxygen atoms in total. The number of allylic oxidation sites excluding steroid dienone is 1. The fraction of sp³-hybridized carbons (Fsp3) is 0.346. The second kappa shape index (κ2) is 8.34. The van der Waals surface area contributed by atoms with Gasteiger partial charge in [0.2, 0.25) is 0 Å². The van der Waals surface area contributed by atoms with Crippen LogP contribution in [0.3, 0.4) is 0 Å². The Kier molecular flexibility index (Phi) is 5.87. The third kappa shape index (κ3) is 3.74. The van der Waals surface area contributed by atoms with Crippen LogP contribution in [0.15, 0.2) is 42.5 Å². The van der Waals surface area contributed by atoms with Gasteiger partial charge in [-0.15, -0.1) is 0 Å². The summed E-state index contributed by atoms with van der Waals surface area (Å²) in [5.74, 6) is -3.87. The number of ether oxygens (including phenoxy) is 1. The number of fused-ring (bicyclic) bond motifs is 2. The Hall–Kier alpha value is -3.46. The van der Waals surface area contributed by atoms with Crippen LogP contribution < -0.4 is 10.2 Å². The van der Waals surface area contributed by atoms with Gasteiger partial charge in [-0.25, -0.2) is 14.4 Å². The monoisotopic (exact) mass is 484 g/mol. The van der Waals surface area contributed by atoms with Crippen molar-refractivity contribution in [1.29, 1.82) is 0 Å². The van der Waals surface area contributed by atoms with Gasteiger partial charge < -0.3 is 15.0 Å². The number of alkyl halides is 2. The first-order chi connectivity index (χ1) is 16.3. The molecule has 1 N–H and O–H groups in total. The van der Waals surface area contributed by atoms with Crippen molar-refractivity contribution in [2.45, 2.75) is 45.3 Å². The van der Waals surface area contributed by atoms with Gasteiger partial charge in [-0.2, -0.15) is 8.78 Å². The van der Waals surface area contributed by atoms with E-state index in [2.05, 4.69) is 21.9 Å². The first kappa shape index (κ1) is 24.7. The van der Waals surface area contributed by atoms with Gasteiger partial charge in [0.05, 0.1) is 22.8 Å². The minimum Gasteiger partial charge on any atom is -0.364 e. The fourth-order valence-electron chi connectivity index (χ4n) is 4.43. The lowest BCUT2D eigenvalue weighted by atomic mass is 9.96. The van der Waals surface area contributed by atoms with E-state index < -0.39 is 34.5 Å². The standard InChI is InChI=1S/C26H27F3N4O2/c1-13(2)26(28,29)18-10-8-9-16(22(18)27)14(3)30-23-17-11-21-19(12-20(17)31-15(4)32-23)25(5,35-7)24(34)33(21)6/h8-12,14H,1H2,2-7H3,(H,30,31,32)/t14?,25-/m0/s1. The van der Waals surface area contributed by atoms with E-state index >= 15 is 4.39 Å². The molecule has 0 bridgehead atoms. The molecule has 2 atom stereocenters. The van der Waals surface area contributed by atoms with Crippen LogP contribution in [0.1, 0.15) is 49.3 Å². The fourth-order valence-corrected chi connectivity index (χ4v) is 4.43. The number of nitrogens with zero attached hydrogens (tertiary/aromatic N) is 3. The highest BCUT2D eigenvalue weighted by Crippen LogP contribution is 2.44. The number of carbonyl (C=O) groups excluding carboxylic acids is 1. The molecule has 0 spiro atoms. The SMILES string of the molecule is C=C(C)C(F)(F)c1cccc(C(C)Nc2nc(C)nc3cc4c(cc23)N(C)C(=O)[C@@]4(C)OC)c1F. The molecule has 0 fully saturated rings. The zero-order chi connectivity index (χ0) is 25.9. The number of anilines is 2. The van der Waals surface area contributed by atoms with Crippen molar-refractivity contribution < 1.29 is 22.7 Å². The summed E-state index contributed by atoms with van der Waals surface area (Å²) < 4.78 is 49.8. The summed E-state index contributed by atoms with van der Waals surface area (Å²) in [7, 11) is 3.13. The van der Waals surface area contributed by atoms with Crippen LogP contribution in [0.2, 0.25) is 0 Å². The Balaban J connectivity index is 1.80. The van der Waals surface area contributed by atoms with E-state index in [1.54, 1.807) is 40.0 Å². The number of likely N-dealkylation sites (N-methyl/N-ethyl adjacent to an activating group) is 1. The summed E-state index contributed by atoms with van der Waals surface area (Å²) >= 11 is 0. The summed E-state index contributed by atoms with van der Waals surface area (Å²) in [5, 5.41) is 3.75. The largest absolute Gasteiger partial charge is 0.364 e. The Bertz CT molecular complexity index is 1370. The molecule has 2 heterocycles. The van der Waals surface area contributed by atoms with Crippen LogP contribution in [0.25, 0.3) is 10.9 Å². The molecule has 1 unspecified atom stereocenters. The van der Waals surface area contributed by atoms with Gasteiger partial charge in [-0.1, -0.05) is 18.7 Å². The predicted molar refractivity (Wildman–Crippen MR) is 129 cm³/mol. The number of benzene rings is 2. The van der Waals surface area contributed by atoms with Crippen LogP contribution in [-0.2, 0) is 21.1 Å². The lowest BCUT2D eigenvalue weighted by Crippen LogP contribution is -2.37. The quantitative estimate of drug-likeness (QED) is 0.451. The number of hydrogen-bond acceptors (Lipinski definition) is 5. The summed E-state index contributed by atoms with van der Waals surface area (Å²) in [6, 6.07) is 6.77. The number of aryl methyl sites for hydroxylation is 1. The molecular formula is C26H27F3N4O2. The number of aromatic nitrogens is 2. The lowest BCUT2D eigenvalue weighted by molar-refractivity contribution is -0.137. The number of hydrogen-bond donors (Lipinski definition) is 1. The third-order valence-corrected chi connectivity index (χ3v) is 6.64. The minimum absolute atomic E-state index is 0.0632. The molecule has 2 aromatic carbocycles. The highest BCUT2D eigenvalue weighted by Gasteiger charge is 2.47. The lowest BCUT2D eigenvalue weighted by Gasteiger charge is -2.22. The Morgan fingerprint density at radius 1 is 1.29 bits per heavy atom. The second-order valence-electron chi connectivity index (χ2n) is 9.04. The number of amides is 1. The van der Waals surface area contributed by atoms with E-state index in [1.807, 2.05) is 0 Å². The first-order valence-corrected chi connectivity index (χ1v) is 11.1.